The van der Waals surface area contributed by atoms with Crippen LogP contribution in [0.25, 0.3) is 0 Å². The fraction of sp³-hybridized carbons (Fsp3) is 0. The fourth-order valence-corrected chi connectivity index (χ4v) is 1.60. The second kappa shape index (κ2) is 5.23. The molecule has 0 unspecified atom stereocenters. The van der Waals surface area contributed by atoms with Gasteiger partial charge in [-0.2, -0.15) is 0 Å². The van der Waals surface area contributed by atoms with Crippen LogP contribution in [0.4, 0.5) is 14.5 Å². The predicted octanol–water partition coefficient (Wildman–Crippen LogP) is 3.95. The number of nitrogens with zero attached hydrogens (tertiary/aromatic N) is 1. The number of hydrogen-bond donors (Lipinski definition) is 1. The summed E-state index contributed by atoms with van der Waals surface area (Å²) in [5.41, 5.74) is -0.332. The van der Waals surface area contributed by atoms with E-state index in [0.717, 1.165) is 12.1 Å². The van der Waals surface area contributed by atoms with Crippen LogP contribution in [0.3, 0.4) is 0 Å². The van der Waals surface area contributed by atoms with Gasteiger partial charge in [-0.05, 0) is 18.2 Å². The van der Waals surface area contributed by atoms with Crippen LogP contribution in [-0.2, 0) is 0 Å². The molecule has 0 atom stereocenters. The molecule has 0 aliphatic carbocycles. The number of hydrogen-bond acceptors (Lipinski definition) is 4. The van der Waals surface area contributed by atoms with Gasteiger partial charge in [-0.3, -0.25) is 10.1 Å². The lowest BCUT2D eigenvalue weighted by molar-refractivity contribution is -0.385. The zero-order chi connectivity index (χ0) is 14.0. The lowest BCUT2D eigenvalue weighted by Gasteiger charge is -2.07. The van der Waals surface area contributed by atoms with Crippen molar-refractivity contribution in [3.05, 3.63) is 58.1 Å². The van der Waals surface area contributed by atoms with Crippen molar-refractivity contribution in [3.8, 4) is 11.5 Å². The number of benzene rings is 2. The van der Waals surface area contributed by atoms with E-state index in [9.17, 15) is 18.9 Å². The van der Waals surface area contributed by atoms with Crippen molar-refractivity contribution in [3.63, 3.8) is 0 Å². The van der Waals surface area contributed by atoms with E-state index < -0.39 is 16.6 Å². The van der Waals surface area contributed by atoms with Gasteiger partial charge in [0.2, 0.25) is 5.75 Å². The number of rotatable bonds is 3. The fourth-order valence-electron chi connectivity index (χ4n) is 1.41. The summed E-state index contributed by atoms with van der Waals surface area (Å²) in [5.74, 6) is -2.17. The minimum atomic E-state index is -0.945. The zero-order valence-corrected chi connectivity index (χ0v) is 10.2. The third-order valence-corrected chi connectivity index (χ3v) is 2.53. The van der Waals surface area contributed by atoms with Crippen molar-refractivity contribution in [2.75, 3.05) is 0 Å². The van der Waals surface area contributed by atoms with Crippen molar-refractivity contribution in [2.24, 2.45) is 0 Å². The summed E-state index contributed by atoms with van der Waals surface area (Å²) in [4.78, 5) is 10.6. The van der Waals surface area contributed by atoms with Gasteiger partial charge >= 0.3 is 5.69 Å². The van der Waals surface area contributed by atoms with Gasteiger partial charge in [0.15, 0.2) is 11.6 Å². The van der Waals surface area contributed by atoms with Crippen LogP contribution >= 0.6 is 12.6 Å². The first kappa shape index (κ1) is 13.3. The molecule has 2 aromatic rings. The molecule has 98 valence electrons. The van der Waals surface area contributed by atoms with E-state index >= 15 is 0 Å². The Kier molecular flexibility index (Phi) is 3.66. The van der Waals surface area contributed by atoms with Crippen molar-refractivity contribution >= 4 is 18.3 Å². The van der Waals surface area contributed by atoms with Crippen molar-refractivity contribution < 1.29 is 18.4 Å². The summed E-state index contributed by atoms with van der Waals surface area (Å²) in [6.45, 7) is 0. The topological polar surface area (TPSA) is 52.4 Å². The van der Waals surface area contributed by atoms with E-state index in [1.165, 1.54) is 18.2 Å². The van der Waals surface area contributed by atoms with Crippen molar-refractivity contribution in [1.82, 2.24) is 0 Å². The largest absolute Gasteiger partial charge is 0.447 e. The Balaban J connectivity index is 2.42. The minimum Gasteiger partial charge on any atom is -0.447 e. The van der Waals surface area contributed by atoms with Gasteiger partial charge in [0, 0.05) is 23.1 Å². The summed E-state index contributed by atoms with van der Waals surface area (Å²) in [6.07, 6.45) is 0. The van der Waals surface area contributed by atoms with E-state index in [4.69, 9.17) is 4.74 Å². The summed E-state index contributed by atoms with van der Waals surface area (Å²) < 4.78 is 31.3. The molecule has 0 aliphatic heterocycles. The SMILES string of the molecule is O=[N+]([O-])c1ccc(S)cc1Oc1ccc(F)cc1F. The Bertz CT molecular complexity index is 649. The third kappa shape index (κ3) is 3.00. The first-order valence-electron chi connectivity index (χ1n) is 5.07. The minimum absolute atomic E-state index is 0.164. The quantitative estimate of drug-likeness (QED) is 0.527. The zero-order valence-electron chi connectivity index (χ0n) is 9.34. The summed E-state index contributed by atoms with van der Waals surface area (Å²) >= 11 is 4.02. The maximum absolute atomic E-state index is 13.4. The Morgan fingerprint density at radius 3 is 2.47 bits per heavy atom. The van der Waals surface area contributed by atoms with Crippen molar-refractivity contribution in [1.29, 1.82) is 0 Å². The lowest BCUT2D eigenvalue weighted by atomic mass is 10.3. The Labute approximate surface area is 112 Å². The molecule has 0 N–H and O–H groups in total. The number of nitro groups is 1. The van der Waals surface area contributed by atoms with E-state index in [0.29, 0.717) is 11.0 Å². The molecule has 2 rings (SSSR count). The van der Waals surface area contributed by atoms with Crippen LogP contribution in [0.5, 0.6) is 11.5 Å². The van der Waals surface area contributed by atoms with Crippen LogP contribution < -0.4 is 4.74 Å². The molecular weight excluding hydrogens is 276 g/mol. The molecular formula is C12H7F2NO3S. The van der Waals surface area contributed by atoms with E-state index in [1.54, 1.807) is 0 Å². The van der Waals surface area contributed by atoms with Crippen LogP contribution in [-0.4, -0.2) is 4.92 Å². The summed E-state index contributed by atoms with van der Waals surface area (Å²) in [6, 6.07) is 6.57. The molecule has 0 aromatic heterocycles. The monoisotopic (exact) mass is 283 g/mol. The molecule has 0 amide bonds. The molecule has 19 heavy (non-hydrogen) atoms. The molecule has 0 saturated carbocycles. The Morgan fingerprint density at radius 2 is 1.84 bits per heavy atom. The average molecular weight is 283 g/mol. The Morgan fingerprint density at radius 1 is 1.11 bits per heavy atom. The average Bonchev–Trinajstić information content (AvgIpc) is 2.32. The highest BCUT2D eigenvalue weighted by molar-refractivity contribution is 7.80. The molecule has 0 fully saturated rings. The molecule has 0 radical (unpaired) electrons. The van der Waals surface area contributed by atoms with Crippen LogP contribution in [0, 0.1) is 21.7 Å². The number of ether oxygens (including phenoxy) is 1. The first-order chi connectivity index (χ1) is 8.97. The maximum atomic E-state index is 13.4. The molecule has 0 spiro atoms. The Hall–Kier alpha value is -2.15. The molecule has 0 heterocycles. The number of thiol groups is 1. The van der Waals surface area contributed by atoms with Crippen molar-refractivity contribution in [2.45, 2.75) is 4.90 Å². The smallest absolute Gasteiger partial charge is 0.311 e. The second-order valence-electron chi connectivity index (χ2n) is 3.59. The van der Waals surface area contributed by atoms with Crippen LogP contribution in [0.2, 0.25) is 0 Å². The molecule has 7 heteroatoms. The van der Waals surface area contributed by atoms with Gasteiger partial charge in [-0.1, -0.05) is 0 Å². The molecule has 4 nitrogen and oxygen atoms in total. The highest BCUT2D eigenvalue weighted by Gasteiger charge is 2.17. The summed E-state index contributed by atoms with van der Waals surface area (Å²) in [7, 11) is 0. The molecule has 0 bridgehead atoms. The maximum Gasteiger partial charge on any atom is 0.311 e. The third-order valence-electron chi connectivity index (χ3n) is 2.25. The van der Waals surface area contributed by atoms with Gasteiger partial charge in [-0.25, -0.2) is 8.78 Å². The number of nitro benzene ring substituents is 1. The van der Waals surface area contributed by atoms with E-state index in [-0.39, 0.29) is 17.2 Å². The van der Waals surface area contributed by atoms with Gasteiger partial charge in [-0.15, -0.1) is 12.6 Å². The standard InChI is InChI=1S/C12H7F2NO3S/c13-7-1-4-11(9(14)5-7)18-12-6-8(19)2-3-10(12)15(16)17/h1-6,19H. The predicted molar refractivity (Wildman–Crippen MR) is 66.8 cm³/mol. The lowest BCUT2D eigenvalue weighted by Crippen LogP contribution is -1.95. The van der Waals surface area contributed by atoms with Crippen LogP contribution in [0.15, 0.2) is 41.3 Å². The second-order valence-corrected chi connectivity index (χ2v) is 4.10. The first-order valence-corrected chi connectivity index (χ1v) is 5.52. The molecule has 0 saturated heterocycles. The van der Waals surface area contributed by atoms with Gasteiger partial charge in [0.1, 0.15) is 5.82 Å². The van der Waals surface area contributed by atoms with Gasteiger partial charge in [0.05, 0.1) is 4.92 Å². The normalized spacial score (nSPS) is 10.3. The highest BCUT2D eigenvalue weighted by atomic mass is 32.1. The van der Waals surface area contributed by atoms with Gasteiger partial charge < -0.3 is 4.74 Å². The van der Waals surface area contributed by atoms with E-state index in [2.05, 4.69) is 12.6 Å². The number of halogens is 2. The summed E-state index contributed by atoms with van der Waals surface area (Å²) in [5, 5.41) is 10.8. The molecule has 2 aromatic carbocycles. The highest BCUT2D eigenvalue weighted by Crippen LogP contribution is 2.34. The van der Waals surface area contributed by atoms with E-state index in [1.807, 2.05) is 0 Å². The van der Waals surface area contributed by atoms with Crippen LogP contribution in [0.1, 0.15) is 0 Å². The molecule has 0 aliphatic rings. The van der Waals surface area contributed by atoms with Gasteiger partial charge in [0.25, 0.3) is 0 Å².